The van der Waals surface area contributed by atoms with Crippen molar-refractivity contribution in [1.29, 1.82) is 0 Å². The average molecular weight is 552 g/mol. The van der Waals surface area contributed by atoms with E-state index in [-0.39, 0.29) is 30.2 Å². The van der Waals surface area contributed by atoms with Crippen LogP contribution in [0.3, 0.4) is 0 Å². The van der Waals surface area contributed by atoms with E-state index in [1.54, 1.807) is 26.0 Å². The Hall–Kier alpha value is -3.31. The van der Waals surface area contributed by atoms with Gasteiger partial charge in [0.25, 0.3) is 19.6 Å². The van der Waals surface area contributed by atoms with E-state index in [0.29, 0.717) is 0 Å². The third-order valence-corrected chi connectivity index (χ3v) is 12.3. The molecule has 1 fully saturated rings. The third-order valence-electron chi connectivity index (χ3n) is 7.33. The van der Waals surface area contributed by atoms with E-state index in [2.05, 4.69) is 50.0 Å². The van der Waals surface area contributed by atoms with E-state index in [4.69, 9.17) is 14.0 Å². The quantitative estimate of drug-likeness (QED) is 0.338. The topological polar surface area (TPSA) is 103 Å². The van der Waals surface area contributed by atoms with E-state index < -0.39 is 37.3 Å². The van der Waals surface area contributed by atoms with Gasteiger partial charge in [0.1, 0.15) is 0 Å². The Kier molecular flexibility index (Phi) is 8.13. The highest BCUT2D eigenvalue weighted by Gasteiger charge is 2.56. The Morgan fingerprint density at radius 1 is 1.08 bits per heavy atom. The molecular formula is C29H37N3O6Si. The van der Waals surface area contributed by atoms with Gasteiger partial charge >= 0.3 is 11.7 Å². The van der Waals surface area contributed by atoms with Crippen LogP contribution < -0.4 is 21.6 Å². The van der Waals surface area contributed by atoms with Gasteiger partial charge in [0.05, 0.1) is 19.3 Å². The molecule has 2 atom stereocenters. The highest BCUT2D eigenvalue weighted by atomic mass is 28.4. The molecule has 0 unspecified atom stereocenters. The fourth-order valence-electron chi connectivity index (χ4n) is 5.38. The molecule has 0 amide bonds. The number of rotatable bonds is 8. The lowest BCUT2D eigenvalue weighted by atomic mass is 10.0. The minimum Gasteiger partial charge on any atom is -0.462 e. The van der Waals surface area contributed by atoms with Crippen molar-refractivity contribution in [3.63, 3.8) is 0 Å². The van der Waals surface area contributed by atoms with Crippen molar-refractivity contribution in [2.24, 2.45) is 0 Å². The number of likely N-dealkylation sites (N-methyl/N-ethyl adjacent to an activating group) is 1. The van der Waals surface area contributed by atoms with Gasteiger partial charge in [-0.25, -0.2) is 9.59 Å². The SMILES string of the molecule is CCOC(=O)[C@@]1(n2cc(C)c(=O)[nH]c2=O)C[C@H](CO[Si](c2ccccc2)(c2ccccc2)C(C)(C)C)N(C)O1. The first-order valence-electron chi connectivity index (χ1n) is 13.1. The molecule has 1 aromatic heterocycles. The molecule has 39 heavy (non-hydrogen) atoms. The molecule has 1 aliphatic heterocycles. The molecular weight excluding hydrogens is 514 g/mol. The van der Waals surface area contributed by atoms with Gasteiger partial charge in [-0.3, -0.25) is 19.2 Å². The Morgan fingerprint density at radius 3 is 2.15 bits per heavy atom. The van der Waals surface area contributed by atoms with Crippen LogP contribution in [0.15, 0.2) is 76.4 Å². The Balaban J connectivity index is 1.76. The molecule has 9 nitrogen and oxygen atoms in total. The maximum atomic E-state index is 13.4. The van der Waals surface area contributed by atoms with Crippen LogP contribution >= 0.6 is 0 Å². The second-order valence-electron chi connectivity index (χ2n) is 10.9. The van der Waals surface area contributed by atoms with Crippen molar-refractivity contribution in [3.05, 3.63) is 93.3 Å². The molecule has 2 aromatic carbocycles. The molecule has 2 heterocycles. The molecule has 0 aliphatic carbocycles. The maximum absolute atomic E-state index is 13.4. The van der Waals surface area contributed by atoms with Gasteiger partial charge in [0.15, 0.2) is 0 Å². The van der Waals surface area contributed by atoms with E-state index >= 15 is 0 Å². The van der Waals surface area contributed by atoms with Crippen LogP contribution in [-0.4, -0.2) is 55.2 Å². The molecule has 0 radical (unpaired) electrons. The van der Waals surface area contributed by atoms with Crippen LogP contribution in [0.4, 0.5) is 0 Å². The first-order valence-corrected chi connectivity index (χ1v) is 15.0. The normalized spacial score (nSPS) is 20.2. The number of esters is 1. The summed E-state index contributed by atoms with van der Waals surface area (Å²) in [6.45, 7) is 10.2. The number of carbonyl (C=O) groups excluding carboxylic acids is 1. The molecule has 0 saturated carbocycles. The van der Waals surface area contributed by atoms with Gasteiger partial charge < -0.3 is 9.16 Å². The molecule has 0 bridgehead atoms. The van der Waals surface area contributed by atoms with E-state index in [1.807, 2.05) is 36.4 Å². The highest BCUT2D eigenvalue weighted by Crippen LogP contribution is 2.39. The number of hydroxylamine groups is 2. The van der Waals surface area contributed by atoms with Crippen LogP contribution in [0.1, 0.15) is 39.7 Å². The van der Waals surface area contributed by atoms with Crippen molar-refractivity contribution < 1.29 is 18.8 Å². The number of hydrogen-bond acceptors (Lipinski definition) is 7. The second kappa shape index (κ2) is 11.0. The molecule has 1 N–H and O–H groups in total. The summed E-state index contributed by atoms with van der Waals surface area (Å²) in [5.74, 6) is -0.710. The van der Waals surface area contributed by atoms with Crippen molar-refractivity contribution in [3.8, 4) is 0 Å². The number of carbonyl (C=O) groups is 1. The highest BCUT2D eigenvalue weighted by molar-refractivity contribution is 6.99. The first-order chi connectivity index (χ1) is 18.5. The largest absolute Gasteiger partial charge is 0.462 e. The predicted molar refractivity (Wildman–Crippen MR) is 151 cm³/mol. The lowest BCUT2D eigenvalue weighted by Gasteiger charge is -2.43. The third kappa shape index (κ3) is 5.17. The molecule has 0 spiro atoms. The Bertz CT molecular complexity index is 1380. The van der Waals surface area contributed by atoms with Gasteiger partial charge in [0.2, 0.25) is 0 Å². The number of aromatic nitrogens is 2. The summed E-state index contributed by atoms with van der Waals surface area (Å²) in [4.78, 5) is 46.7. The summed E-state index contributed by atoms with van der Waals surface area (Å²) in [5.41, 5.74) is -2.78. The predicted octanol–water partition coefficient (Wildman–Crippen LogP) is 2.27. The summed E-state index contributed by atoms with van der Waals surface area (Å²) in [7, 11) is -1.14. The first kappa shape index (κ1) is 28.7. The number of ether oxygens (including phenoxy) is 1. The molecule has 1 aliphatic rings. The number of hydrogen-bond donors (Lipinski definition) is 1. The molecule has 1 saturated heterocycles. The number of aromatic amines is 1. The van der Waals surface area contributed by atoms with Gasteiger partial charge in [-0.05, 0) is 29.3 Å². The fraction of sp³-hybridized carbons (Fsp3) is 0.414. The van der Waals surface area contributed by atoms with E-state index in [1.165, 1.54) is 6.20 Å². The molecule has 208 valence electrons. The number of H-pyrrole nitrogens is 1. The summed E-state index contributed by atoms with van der Waals surface area (Å²) >= 11 is 0. The van der Waals surface area contributed by atoms with Crippen LogP contribution in [0.5, 0.6) is 0 Å². The zero-order valence-corrected chi connectivity index (χ0v) is 24.4. The number of nitrogens with one attached hydrogen (secondary N) is 1. The van der Waals surface area contributed by atoms with Crippen LogP contribution in [0.25, 0.3) is 0 Å². The lowest BCUT2D eigenvalue weighted by molar-refractivity contribution is -0.238. The summed E-state index contributed by atoms with van der Waals surface area (Å²) in [6.07, 6.45) is 1.43. The van der Waals surface area contributed by atoms with Crippen molar-refractivity contribution in [2.75, 3.05) is 20.3 Å². The van der Waals surface area contributed by atoms with Crippen molar-refractivity contribution in [2.45, 2.75) is 57.8 Å². The smallest absolute Gasteiger partial charge is 0.362 e. The van der Waals surface area contributed by atoms with Crippen LogP contribution in [0.2, 0.25) is 5.04 Å². The zero-order chi connectivity index (χ0) is 28.4. The van der Waals surface area contributed by atoms with Crippen molar-refractivity contribution >= 4 is 24.7 Å². The maximum Gasteiger partial charge on any atom is 0.362 e. The molecule has 10 heteroatoms. The average Bonchev–Trinajstić information content (AvgIpc) is 3.24. The monoisotopic (exact) mass is 551 g/mol. The number of aryl methyl sites for hydroxylation is 1. The Morgan fingerprint density at radius 2 is 1.64 bits per heavy atom. The van der Waals surface area contributed by atoms with Crippen LogP contribution in [-0.2, 0) is 24.5 Å². The summed E-state index contributed by atoms with van der Waals surface area (Å²) in [6, 6.07) is 20.2. The number of nitrogens with zero attached hydrogens (tertiary/aromatic N) is 2. The summed E-state index contributed by atoms with van der Waals surface area (Å²) < 4.78 is 13.6. The molecule has 3 aromatic rings. The van der Waals surface area contributed by atoms with Gasteiger partial charge in [-0.2, -0.15) is 5.06 Å². The lowest BCUT2D eigenvalue weighted by Crippen LogP contribution is -2.67. The minimum atomic E-state index is -2.86. The standard InChI is InChI=1S/C29H37N3O6Si/c1-7-36-26(34)29(32-19-21(2)25(33)30-27(32)35)18-22(31(6)38-29)20-37-39(28(3,4)5,23-14-10-8-11-15-23)24-16-12-9-13-17-24/h8-17,19,22H,7,18,20H2,1-6H3,(H,30,33,35)/t22-,29-/m1/s1. The van der Waals surface area contributed by atoms with E-state index in [0.717, 1.165) is 14.9 Å². The Labute approximate surface area is 229 Å². The van der Waals surface area contributed by atoms with Crippen LogP contribution in [0, 0.1) is 6.92 Å². The minimum absolute atomic E-state index is 0.0892. The van der Waals surface area contributed by atoms with Gasteiger partial charge in [-0.15, -0.1) is 0 Å². The fourth-order valence-corrected chi connectivity index (χ4v) is 9.98. The van der Waals surface area contributed by atoms with E-state index in [9.17, 15) is 14.4 Å². The van der Waals surface area contributed by atoms with Crippen molar-refractivity contribution in [1.82, 2.24) is 14.6 Å². The summed E-state index contributed by atoms with van der Waals surface area (Å²) in [5, 5.41) is 3.59. The second-order valence-corrected chi connectivity index (χ2v) is 15.2. The van der Waals surface area contributed by atoms with Gasteiger partial charge in [-0.1, -0.05) is 81.4 Å². The number of benzene rings is 2. The van der Waals surface area contributed by atoms with Gasteiger partial charge in [0, 0.05) is 25.2 Å². The molecule has 4 rings (SSSR count). The zero-order valence-electron chi connectivity index (χ0n) is 23.4.